The third kappa shape index (κ3) is 3.64. The van der Waals surface area contributed by atoms with Gasteiger partial charge in [0.2, 0.25) is 5.91 Å². The topological polar surface area (TPSA) is 84.9 Å². The molecule has 3 aromatic rings. The molecule has 154 valence electrons. The Kier molecular flexibility index (Phi) is 5.46. The molecule has 1 aliphatic rings. The standard InChI is InChI=1S/C23H21NO5S/c1-3-29-16-6-4-5-14(11-16)17-12-18(25)24-20-19(22(23(26)27)30-21(17)20)13-7-9-15(28-2)10-8-13/h4-11,17H,3,12H2,1-2H3,(H,24,25)(H,26,27)/t17-/m0/s1. The summed E-state index contributed by atoms with van der Waals surface area (Å²) < 4.78 is 10.8. The van der Waals surface area contributed by atoms with E-state index in [0.717, 1.165) is 21.8 Å². The zero-order valence-electron chi connectivity index (χ0n) is 16.6. The predicted molar refractivity (Wildman–Crippen MR) is 116 cm³/mol. The molecule has 30 heavy (non-hydrogen) atoms. The number of ether oxygens (including phenoxy) is 2. The number of amides is 1. The van der Waals surface area contributed by atoms with Crippen molar-refractivity contribution < 1.29 is 24.2 Å². The molecule has 6 nitrogen and oxygen atoms in total. The molecule has 0 unspecified atom stereocenters. The Morgan fingerprint density at radius 2 is 1.97 bits per heavy atom. The Morgan fingerprint density at radius 1 is 1.20 bits per heavy atom. The van der Waals surface area contributed by atoms with E-state index < -0.39 is 5.97 Å². The van der Waals surface area contributed by atoms with E-state index in [1.807, 2.05) is 31.2 Å². The highest BCUT2D eigenvalue weighted by Gasteiger charge is 2.34. The van der Waals surface area contributed by atoms with Crippen LogP contribution in [-0.4, -0.2) is 30.7 Å². The molecule has 2 heterocycles. The van der Waals surface area contributed by atoms with Crippen molar-refractivity contribution in [2.45, 2.75) is 19.3 Å². The van der Waals surface area contributed by atoms with Crippen molar-refractivity contribution in [3.05, 3.63) is 63.8 Å². The molecule has 2 N–H and O–H groups in total. The van der Waals surface area contributed by atoms with Gasteiger partial charge in [0.05, 0.1) is 19.4 Å². The van der Waals surface area contributed by atoms with E-state index in [-0.39, 0.29) is 23.1 Å². The van der Waals surface area contributed by atoms with Crippen LogP contribution in [0.15, 0.2) is 48.5 Å². The van der Waals surface area contributed by atoms with Gasteiger partial charge in [0.25, 0.3) is 0 Å². The second kappa shape index (κ2) is 8.20. The van der Waals surface area contributed by atoms with Crippen molar-refractivity contribution in [3.63, 3.8) is 0 Å². The molecule has 0 aliphatic carbocycles. The smallest absolute Gasteiger partial charge is 0.346 e. The number of methoxy groups -OCH3 is 1. The fourth-order valence-corrected chi connectivity index (χ4v) is 4.97. The van der Waals surface area contributed by atoms with Gasteiger partial charge in [-0.1, -0.05) is 24.3 Å². The lowest BCUT2D eigenvalue weighted by molar-refractivity contribution is -0.116. The lowest BCUT2D eigenvalue weighted by Gasteiger charge is -2.24. The van der Waals surface area contributed by atoms with E-state index in [9.17, 15) is 14.7 Å². The molecule has 0 radical (unpaired) electrons. The second-order valence-corrected chi connectivity index (χ2v) is 7.94. The second-order valence-electron chi connectivity index (χ2n) is 6.89. The van der Waals surface area contributed by atoms with Crippen molar-refractivity contribution in [1.29, 1.82) is 0 Å². The zero-order valence-corrected chi connectivity index (χ0v) is 17.4. The van der Waals surface area contributed by atoms with Crippen LogP contribution >= 0.6 is 11.3 Å². The Morgan fingerprint density at radius 3 is 2.63 bits per heavy atom. The Labute approximate surface area is 178 Å². The average Bonchev–Trinajstić information content (AvgIpc) is 3.13. The molecule has 4 rings (SSSR count). The number of hydrogen-bond acceptors (Lipinski definition) is 5. The van der Waals surface area contributed by atoms with Crippen LogP contribution in [-0.2, 0) is 4.79 Å². The number of carbonyl (C=O) groups excluding carboxylic acids is 1. The van der Waals surface area contributed by atoms with Gasteiger partial charge in [-0.25, -0.2) is 4.79 Å². The molecule has 0 saturated carbocycles. The number of carbonyl (C=O) groups is 2. The van der Waals surface area contributed by atoms with Crippen LogP contribution in [0.4, 0.5) is 5.69 Å². The highest BCUT2D eigenvalue weighted by molar-refractivity contribution is 7.15. The van der Waals surface area contributed by atoms with Crippen molar-refractivity contribution in [3.8, 4) is 22.6 Å². The van der Waals surface area contributed by atoms with E-state index in [2.05, 4.69) is 5.32 Å². The summed E-state index contributed by atoms with van der Waals surface area (Å²) in [6.07, 6.45) is 0.254. The summed E-state index contributed by atoms with van der Waals surface area (Å²) >= 11 is 1.21. The predicted octanol–water partition coefficient (Wildman–Crippen LogP) is 4.99. The molecule has 7 heteroatoms. The Balaban J connectivity index is 1.86. The third-order valence-corrected chi connectivity index (χ3v) is 6.34. The summed E-state index contributed by atoms with van der Waals surface area (Å²) in [5.41, 5.74) is 2.75. The summed E-state index contributed by atoms with van der Waals surface area (Å²) in [7, 11) is 1.57. The SMILES string of the molecule is CCOc1cccc([C@@H]2CC(=O)Nc3c2sc(C(=O)O)c3-c2ccc(OC)cc2)c1. The molecule has 1 atom stereocenters. The number of anilines is 1. The van der Waals surface area contributed by atoms with Gasteiger partial charge in [0, 0.05) is 22.8 Å². The Hall–Kier alpha value is -3.32. The zero-order chi connectivity index (χ0) is 21.3. The van der Waals surface area contributed by atoms with E-state index in [0.29, 0.717) is 23.6 Å². The van der Waals surface area contributed by atoms with Crippen LogP contribution in [0.2, 0.25) is 0 Å². The summed E-state index contributed by atoms with van der Waals surface area (Å²) in [5, 5.41) is 12.8. The molecule has 0 spiro atoms. The van der Waals surface area contributed by atoms with Crippen LogP contribution in [0.25, 0.3) is 11.1 Å². The molecule has 0 bridgehead atoms. The highest BCUT2D eigenvalue weighted by Crippen LogP contribution is 2.49. The Bertz CT molecular complexity index is 1100. The van der Waals surface area contributed by atoms with Crippen molar-refractivity contribution in [2.75, 3.05) is 19.0 Å². The highest BCUT2D eigenvalue weighted by atomic mass is 32.1. The van der Waals surface area contributed by atoms with Crippen LogP contribution in [0.5, 0.6) is 11.5 Å². The van der Waals surface area contributed by atoms with Crippen molar-refractivity contribution in [2.24, 2.45) is 0 Å². The molecule has 2 aromatic carbocycles. The van der Waals surface area contributed by atoms with E-state index in [4.69, 9.17) is 9.47 Å². The van der Waals surface area contributed by atoms with Crippen LogP contribution < -0.4 is 14.8 Å². The van der Waals surface area contributed by atoms with Crippen LogP contribution in [0.1, 0.15) is 39.4 Å². The van der Waals surface area contributed by atoms with Gasteiger partial charge >= 0.3 is 5.97 Å². The summed E-state index contributed by atoms with van der Waals surface area (Å²) in [6, 6.07) is 14.8. The number of thiophene rings is 1. The first-order chi connectivity index (χ1) is 14.5. The first kappa shape index (κ1) is 20.0. The summed E-state index contributed by atoms with van der Waals surface area (Å²) in [6.45, 7) is 2.46. The minimum Gasteiger partial charge on any atom is -0.497 e. The molecule has 0 fully saturated rings. The fourth-order valence-electron chi connectivity index (χ4n) is 3.73. The van der Waals surface area contributed by atoms with Gasteiger partial charge in [-0.2, -0.15) is 0 Å². The number of carboxylic acid groups (broad SMARTS) is 1. The minimum absolute atomic E-state index is 0.140. The van der Waals surface area contributed by atoms with Gasteiger partial charge in [0.1, 0.15) is 16.4 Å². The van der Waals surface area contributed by atoms with Crippen molar-refractivity contribution >= 4 is 28.9 Å². The first-order valence-electron chi connectivity index (χ1n) is 9.58. The number of fused-ring (bicyclic) bond motifs is 1. The lowest BCUT2D eigenvalue weighted by atomic mass is 9.88. The maximum atomic E-state index is 12.6. The average molecular weight is 423 g/mol. The number of benzene rings is 2. The van der Waals surface area contributed by atoms with Gasteiger partial charge in [-0.05, 0) is 42.3 Å². The van der Waals surface area contributed by atoms with E-state index in [1.165, 1.54) is 11.3 Å². The molecular formula is C23H21NO5S. The number of carboxylic acids is 1. The third-order valence-electron chi connectivity index (χ3n) is 5.05. The van der Waals surface area contributed by atoms with E-state index >= 15 is 0 Å². The van der Waals surface area contributed by atoms with Crippen molar-refractivity contribution in [1.82, 2.24) is 0 Å². The number of nitrogens with one attached hydrogen (secondary N) is 1. The summed E-state index contributed by atoms with van der Waals surface area (Å²) in [5.74, 6) is 0.0154. The maximum absolute atomic E-state index is 12.6. The largest absolute Gasteiger partial charge is 0.497 e. The number of hydrogen-bond donors (Lipinski definition) is 2. The molecule has 1 aliphatic heterocycles. The van der Waals surface area contributed by atoms with Gasteiger partial charge < -0.3 is 19.9 Å². The number of rotatable bonds is 6. The molecule has 0 saturated heterocycles. The first-order valence-corrected chi connectivity index (χ1v) is 10.4. The van der Waals surface area contributed by atoms with Gasteiger partial charge in [-0.15, -0.1) is 11.3 Å². The minimum atomic E-state index is -1.02. The fraction of sp³-hybridized carbons (Fsp3) is 0.217. The normalized spacial score (nSPS) is 15.3. The van der Waals surface area contributed by atoms with Gasteiger partial charge in [0.15, 0.2) is 0 Å². The summed E-state index contributed by atoms with van der Waals surface area (Å²) in [4.78, 5) is 25.7. The van der Waals surface area contributed by atoms with Crippen LogP contribution in [0, 0.1) is 0 Å². The molecule has 1 aromatic heterocycles. The van der Waals surface area contributed by atoms with Gasteiger partial charge in [-0.3, -0.25) is 4.79 Å². The number of aromatic carboxylic acids is 1. The maximum Gasteiger partial charge on any atom is 0.346 e. The molecule has 1 amide bonds. The molecular weight excluding hydrogens is 402 g/mol. The monoisotopic (exact) mass is 423 g/mol. The van der Waals surface area contributed by atoms with E-state index in [1.54, 1.807) is 31.4 Å². The lowest BCUT2D eigenvalue weighted by Crippen LogP contribution is -2.22. The quantitative estimate of drug-likeness (QED) is 0.583. The van der Waals surface area contributed by atoms with Crippen LogP contribution in [0.3, 0.4) is 0 Å².